The Morgan fingerprint density at radius 1 is 0.929 bits per heavy atom. The van der Waals surface area contributed by atoms with E-state index in [1.807, 2.05) is 50.4 Å². The lowest BCUT2D eigenvalue weighted by Crippen LogP contribution is -2.36. The first-order valence-corrected chi connectivity index (χ1v) is 11.1. The van der Waals surface area contributed by atoms with E-state index in [9.17, 15) is 9.59 Å². The van der Waals surface area contributed by atoms with Crippen LogP contribution >= 0.6 is 11.8 Å². The van der Waals surface area contributed by atoms with Gasteiger partial charge in [-0.25, -0.2) is 0 Å². The average molecular weight is 397 g/mol. The zero-order chi connectivity index (χ0) is 20.1. The number of hydrogen-bond donors (Lipinski definition) is 2. The summed E-state index contributed by atoms with van der Waals surface area (Å²) in [6.45, 7) is 3.85. The summed E-state index contributed by atoms with van der Waals surface area (Å²) in [5.41, 5.74) is 3.86. The molecule has 1 aliphatic rings. The molecule has 0 spiro atoms. The first-order valence-electron chi connectivity index (χ1n) is 9.85. The number of hydrogen-bond acceptors (Lipinski definition) is 3. The zero-order valence-corrected chi connectivity index (χ0v) is 17.6. The number of carbonyl (C=O) groups excluding carboxylic acids is 2. The number of thioether (sulfide) groups is 1. The standard InChI is InChI=1S/C23H28N2O2S/c1-15-9-11-19(28-3)14-20(15)23(27)25-21-12-10-17(13-16(21)2)22(26)24-18-7-5-4-6-8-18/h9-14,18H,4-8H2,1-3H3,(H,24,26)(H,25,27). The molecule has 0 radical (unpaired) electrons. The number of carbonyl (C=O) groups is 2. The largest absolute Gasteiger partial charge is 0.349 e. The van der Waals surface area contributed by atoms with E-state index in [4.69, 9.17) is 0 Å². The van der Waals surface area contributed by atoms with Crippen molar-refractivity contribution in [2.24, 2.45) is 0 Å². The fourth-order valence-electron chi connectivity index (χ4n) is 3.62. The highest BCUT2D eigenvalue weighted by molar-refractivity contribution is 7.98. The van der Waals surface area contributed by atoms with Crippen molar-refractivity contribution >= 4 is 29.3 Å². The first kappa shape index (κ1) is 20.5. The molecule has 2 amide bonds. The van der Waals surface area contributed by atoms with E-state index in [0.717, 1.165) is 34.6 Å². The normalized spacial score (nSPS) is 14.5. The molecule has 1 saturated carbocycles. The Balaban J connectivity index is 1.70. The second kappa shape index (κ2) is 9.28. The van der Waals surface area contributed by atoms with Crippen LogP contribution in [-0.4, -0.2) is 24.1 Å². The van der Waals surface area contributed by atoms with Crippen LogP contribution in [0.25, 0.3) is 0 Å². The molecule has 0 aliphatic heterocycles. The van der Waals surface area contributed by atoms with E-state index in [1.54, 1.807) is 17.8 Å². The predicted molar refractivity (Wildman–Crippen MR) is 116 cm³/mol. The third-order valence-corrected chi connectivity index (χ3v) is 6.09. The lowest BCUT2D eigenvalue weighted by atomic mass is 9.95. The van der Waals surface area contributed by atoms with Crippen molar-refractivity contribution in [2.45, 2.75) is 56.9 Å². The third kappa shape index (κ3) is 4.96. The van der Waals surface area contributed by atoms with Crippen LogP contribution < -0.4 is 10.6 Å². The Labute approximate surface area is 171 Å². The van der Waals surface area contributed by atoms with Crippen molar-refractivity contribution in [3.63, 3.8) is 0 Å². The fraction of sp³-hybridized carbons (Fsp3) is 0.391. The summed E-state index contributed by atoms with van der Waals surface area (Å²) >= 11 is 1.61. The van der Waals surface area contributed by atoms with Crippen molar-refractivity contribution in [1.29, 1.82) is 0 Å². The van der Waals surface area contributed by atoms with Gasteiger partial charge in [0, 0.05) is 27.8 Å². The Kier molecular flexibility index (Phi) is 6.79. The van der Waals surface area contributed by atoms with E-state index in [0.29, 0.717) is 11.1 Å². The minimum atomic E-state index is -0.129. The van der Waals surface area contributed by atoms with Gasteiger partial charge in [-0.05, 0) is 74.4 Å². The minimum Gasteiger partial charge on any atom is -0.349 e. The van der Waals surface area contributed by atoms with Crippen molar-refractivity contribution < 1.29 is 9.59 Å². The van der Waals surface area contributed by atoms with Crippen LogP contribution in [0.1, 0.15) is 63.9 Å². The van der Waals surface area contributed by atoms with Crippen molar-refractivity contribution in [1.82, 2.24) is 5.32 Å². The highest BCUT2D eigenvalue weighted by Gasteiger charge is 2.17. The van der Waals surface area contributed by atoms with Crippen LogP contribution in [0, 0.1) is 13.8 Å². The fourth-order valence-corrected chi connectivity index (χ4v) is 4.06. The number of anilines is 1. The van der Waals surface area contributed by atoms with Gasteiger partial charge in [0.2, 0.25) is 0 Å². The van der Waals surface area contributed by atoms with E-state index in [2.05, 4.69) is 10.6 Å². The Morgan fingerprint density at radius 2 is 1.68 bits per heavy atom. The summed E-state index contributed by atoms with van der Waals surface area (Å²) in [5.74, 6) is -0.160. The van der Waals surface area contributed by atoms with E-state index < -0.39 is 0 Å². The Morgan fingerprint density at radius 3 is 2.36 bits per heavy atom. The Bertz CT molecular complexity index is 873. The Hall–Kier alpha value is -2.27. The van der Waals surface area contributed by atoms with Crippen LogP contribution in [0.15, 0.2) is 41.3 Å². The first-order chi connectivity index (χ1) is 13.5. The molecular weight excluding hydrogens is 368 g/mol. The lowest BCUT2D eigenvalue weighted by molar-refractivity contribution is 0.0927. The maximum absolute atomic E-state index is 12.7. The monoisotopic (exact) mass is 396 g/mol. The van der Waals surface area contributed by atoms with Crippen LogP contribution in [0.3, 0.4) is 0 Å². The molecule has 2 aromatic rings. The summed E-state index contributed by atoms with van der Waals surface area (Å²) in [5, 5.41) is 6.13. The molecular formula is C23H28N2O2S. The third-order valence-electron chi connectivity index (χ3n) is 5.37. The molecule has 0 atom stereocenters. The second-order valence-corrected chi connectivity index (χ2v) is 8.35. The van der Waals surface area contributed by atoms with Crippen LogP contribution in [-0.2, 0) is 0 Å². The smallest absolute Gasteiger partial charge is 0.255 e. The molecule has 0 heterocycles. The van der Waals surface area contributed by atoms with Gasteiger partial charge in [0.05, 0.1) is 0 Å². The predicted octanol–water partition coefficient (Wildman–Crippen LogP) is 5.34. The van der Waals surface area contributed by atoms with E-state index in [1.165, 1.54) is 19.3 Å². The van der Waals surface area contributed by atoms with Crippen molar-refractivity contribution in [3.05, 3.63) is 58.7 Å². The molecule has 2 N–H and O–H groups in total. The lowest BCUT2D eigenvalue weighted by Gasteiger charge is -2.23. The SMILES string of the molecule is CSc1ccc(C)c(C(=O)Nc2ccc(C(=O)NC3CCCCC3)cc2C)c1. The van der Waals surface area contributed by atoms with Gasteiger partial charge >= 0.3 is 0 Å². The van der Waals surface area contributed by atoms with Gasteiger partial charge in [0.15, 0.2) is 0 Å². The summed E-state index contributed by atoms with van der Waals surface area (Å²) in [7, 11) is 0. The zero-order valence-electron chi connectivity index (χ0n) is 16.8. The molecule has 0 saturated heterocycles. The molecule has 0 aromatic heterocycles. The number of benzene rings is 2. The van der Waals surface area contributed by atoms with Gasteiger partial charge in [-0.3, -0.25) is 9.59 Å². The molecule has 0 unspecified atom stereocenters. The van der Waals surface area contributed by atoms with Crippen LogP contribution in [0.4, 0.5) is 5.69 Å². The van der Waals surface area contributed by atoms with E-state index >= 15 is 0 Å². The second-order valence-electron chi connectivity index (χ2n) is 7.47. The van der Waals surface area contributed by atoms with Gasteiger partial charge in [-0.2, -0.15) is 0 Å². The molecule has 0 bridgehead atoms. The maximum Gasteiger partial charge on any atom is 0.255 e. The van der Waals surface area contributed by atoms with Crippen molar-refractivity contribution in [2.75, 3.05) is 11.6 Å². The minimum absolute atomic E-state index is 0.0311. The number of nitrogens with one attached hydrogen (secondary N) is 2. The molecule has 4 nitrogen and oxygen atoms in total. The summed E-state index contributed by atoms with van der Waals surface area (Å²) in [4.78, 5) is 26.3. The molecule has 148 valence electrons. The highest BCUT2D eigenvalue weighted by atomic mass is 32.2. The van der Waals surface area contributed by atoms with Gasteiger partial charge in [-0.15, -0.1) is 11.8 Å². The quantitative estimate of drug-likeness (QED) is 0.671. The summed E-state index contributed by atoms with van der Waals surface area (Å²) < 4.78 is 0. The summed E-state index contributed by atoms with van der Waals surface area (Å²) in [6.07, 6.45) is 7.76. The van der Waals surface area contributed by atoms with Gasteiger partial charge in [0.25, 0.3) is 11.8 Å². The van der Waals surface area contributed by atoms with Crippen molar-refractivity contribution in [3.8, 4) is 0 Å². The number of aryl methyl sites for hydroxylation is 2. The average Bonchev–Trinajstić information content (AvgIpc) is 2.70. The van der Waals surface area contributed by atoms with E-state index in [-0.39, 0.29) is 17.9 Å². The van der Waals surface area contributed by atoms with Gasteiger partial charge in [0.1, 0.15) is 0 Å². The highest BCUT2D eigenvalue weighted by Crippen LogP contribution is 2.23. The topological polar surface area (TPSA) is 58.2 Å². The molecule has 1 fully saturated rings. The van der Waals surface area contributed by atoms with Crippen LogP contribution in [0.5, 0.6) is 0 Å². The molecule has 3 rings (SSSR count). The van der Waals surface area contributed by atoms with Crippen LogP contribution in [0.2, 0.25) is 0 Å². The molecule has 28 heavy (non-hydrogen) atoms. The molecule has 2 aromatic carbocycles. The maximum atomic E-state index is 12.7. The number of amides is 2. The number of rotatable bonds is 5. The van der Waals surface area contributed by atoms with Gasteiger partial charge < -0.3 is 10.6 Å². The van der Waals surface area contributed by atoms with Gasteiger partial charge in [-0.1, -0.05) is 25.3 Å². The molecule has 1 aliphatic carbocycles. The summed E-state index contributed by atoms with van der Waals surface area (Å²) in [6, 6.07) is 11.6. The molecule has 5 heteroatoms.